The van der Waals surface area contributed by atoms with Gasteiger partial charge in [0.25, 0.3) is 0 Å². The molecule has 3 N–H and O–H groups in total. The molecule has 3 rings (SSSR count). The molecule has 1 aromatic carbocycles. The zero-order valence-electron chi connectivity index (χ0n) is 13.0. The van der Waals surface area contributed by atoms with Crippen LogP contribution in [0.2, 0.25) is 0 Å². The molecule has 0 unspecified atom stereocenters. The van der Waals surface area contributed by atoms with Gasteiger partial charge in [-0.3, -0.25) is 5.41 Å². The minimum atomic E-state index is -1.23. The van der Waals surface area contributed by atoms with Crippen molar-refractivity contribution in [2.45, 2.75) is 45.1 Å². The van der Waals surface area contributed by atoms with E-state index in [2.05, 4.69) is 0 Å². The molecule has 6 nitrogen and oxygen atoms in total. The van der Waals surface area contributed by atoms with E-state index >= 15 is 0 Å². The smallest absolute Gasteiger partial charge is 0.339 e. The zero-order valence-corrected chi connectivity index (χ0v) is 13.0. The largest absolute Gasteiger partial charge is 0.490 e. The third-order valence-electron chi connectivity index (χ3n) is 4.47. The number of hydrogen-bond donors (Lipinski definition) is 3. The molecule has 0 bridgehead atoms. The van der Waals surface area contributed by atoms with Gasteiger partial charge in [-0.05, 0) is 44.7 Å². The normalized spacial score (nSPS) is 15.7. The predicted molar refractivity (Wildman–Crippen MR) is 84.2 cm³/mol. The number of aromatic carboxylic acids is 1. The highest BCUT2D eigenvalue weighted by Gasteiger charge is 2.21. The van der Waals surface area contributed by atoms with Gasteiger partial charge in [0, 0.05) is 0 Å². The van der Waals surface area contributed by atoms with Crippen LogP contribution in [-0.4, -0.2) is 27.1 Å². The van der Waals surface area contributed by atoms with E-state index in [1.54, 1.807) is 18.2 Å². The first kappa shape index (κ1) is 15.4. The number of ether oxygens (including phenoxy) is 1. The lowest BCUT2D eigenvalue weighted by molar-refractivity contribution is 0.0688. The number of pyridine rings is 1. The number of hydrogen-bond acceptors (Lipinski definition) is 4. The maximum Gasteiger partial charge on any atom is 0.339 e. The standard InChI is InChI=1S/C17H20N2O4/c1-10-14(17(20)21)16(18)15-12(19(10)22)8-5-9-13(15)23-11-6-3-2-4-7-11/h5,8-9,11,18,22H,2-4,6-7H2,1H3,(H,20,21). The summed E-state index contributed by atoms with van der Waals surface area (Å²) >= 11 is 0. The molecule has 1 aliphatic carbocycles. The van der Waals surface area contributed by atoms with E-state index in [1.807, 2.05) is 0 Å². The van der Waals surface area contributed by atoms with Crippen LogP contribution in [0.5, 0.6) is 5.75 Å². The number of nitrogens with one attached hydrogen (secondary N) is 1. The Balaban J connectivity index is 2.19. The summed E-state index contributed by atoms with van der Waals surface area (Å²) in [6.07, 6.45) is 5.43. The number of carboxylic acid groups (broad SMARTS) is 1. The van der Waals surface area contributed by atoms with Crippen LogP contribution in [0.3, 0.4) is 0 Å². The average molecular weight is 316 g/mol. The number of carboxylic acids is 1. The fraction of sp³-hybridized carbons (Fsp3) is 0.412. The molecular weight excluding hydrogens is 296 g/mol. The van der Waals surface area contributed by atoms with Gasteiger partial charge in [-0.1, -0.05) is 12.5 Å². The zero-order chi connectivity index (χ0) is 16.6. The highest BCUT2D eigenvalue weighted by atomic mass is 16.5. The maximum absolute atomic E-state index is 11.5. The van der Waals surface area contributed by atoms with Gasteiger partial charge < -0.3 is 15.1 Å². The number of nitrogens with zero attached hydrogens (tertiary/aromatic N) is 1. The first-order valence-corrected chi connectivity index (χ1v) is 7.83. The molecule has 1 saturated carbocycles. The third kappa shape index (κ3) is 2.65. The molecule has 6 heteroatoms. The second-order valence-corrected chi connectivity index (χ2v) is 5.98. The average Bonchev–Trinajstić information content (AvgIpc) is 2.53. The van der Waals surface area contributed by atoms with Crippen LogP contribution in [-0.2, 0) is 0 Å². The van der Waals surface area contributed by atoms with Gasteiger partial charge in [0.05, 0.1) is 28.1 Å². The molecule has 0 radical (unpaired) electrons. The van der Waals surface area contributed by atoms with Gasteiger partial charge in [-0.25, -0.2) is 4.79 Å². The second kappa shape index (κ2) is 5.95. The van der Waals surface area contributed by atoms with Crippen LogP contribution in [0.4, 0.5) is 0 Å². The van der Waals surface area contributed by atoms with Gasteiger partial charge >= 0.3 is 5.97 Å². The molecule has 2 aromatic rings. The molecule has 122 valence electrons. The number of rotatable bonds is 3. The van der Waals surface area contributed by atoms with Gasteiger partial charge in [0.15, 0.2) is 0 Å². The number of fused-ring (bicyclic) bond motifs is 1. The van der Waals surface area contributed by atoms with Crippen LogP contribution in [0, 0.1) is 12.3 Å². The molecule has 0 atom stereocenters. The number of benzene rings is 1. The Hall–Kier alpha value is -2.50. The molecular formula is C17H20N2O4. The highest BCUT2D eigenvalue weighted by Crippen LogP contribution is 2.28. The van der Waals surface area contributed by atoms with Crippen molar-refractivity contribution in [3.63, 3.8) is 0 Å². The first-order valence-electron chi connectivity index (χ1n) is 7.83. The van der Waals surface area contributed by atoms with Crippen LogP contribution in [0.15, 0.2) is 18.2 Å². The Morgan fingerprint density at radius 3 is 2.65 bits per heavy atom. The van der Waals surface area contributed by atoms with Crippen molar-refractivity contribution in [2.75, 3.05) is 0 Å². The van der Waals surface area contributed by atoms with Crippen LogP contribution in [0.1, 0.15) is 48.2 Å². The molecule has 1 heterocycles. The lowest BCUT2D eigenvalue weighted by atomic mass is 9.97. The Morgan fingerprint density at radius 2 is 2.00 bits per heavy atom. The summed E-state index contributed by atoms with van der Waals surface area (Å²) < 4.78 is 6.87. The number of aromatic nitrogens is 1. The van der Waals surface area contributed by atoms with E-state index in [-0.39, 0.29) is 22.7 Å². The van der Waals surface area contributed by atoms with Crippen molar-refractivity contribution in [1.29, 1.82) is 5.41 Å². The fourth-order valence-corrected chi connectivity index (χ4v) is 3.26. The quantitative estimate of drug-likeness (QED) is 0.758. The molecule has 1 aliphatic rings. The molecule has 0 aliphatic heterocycles. The van der Waals surface area contributed by atoms with Crippen molar-refractivity contribution in [3.8, 4) is 5.75 Å². The van der Waals surface area contributed by atoms with E-state index < -0.39 is 5.97 Å². The van der Waals surface area contributed by atoms with Crippen molar-refractivity contribution in [1.82, 2.24) is 4.73 Å². The van der Waals surface area contributed by atoms with Crippen molar-refractivity contribution in [3.05, 3.63) is 34.8 Å². The van der Waals surface area contributed by atoms with Crippen LogP contribution < -0.4 is 10.1 Å². The monoisotopic (exact) mass is 316 g/mol. The van der Waals surface area contributed by atoms with E-state index in [0.29, 0.717) is 16.7 Å². The summed E-state index contributed by atoms with van der Waals surface area (Å²) in [7, 11) is 0. The molecule has 23 heavy (non-hydrogen) atoms. The van der Waals surface area contributed by atoms with Crippen molar-refractivity contribution < 1.29 is 19.8 Å². The molecule has 1 aromatic heterocycles. The summed E-state index contributed by atoms with van der Waals surface area (Å²) in [6.45, 7) is 1.48. The molecule has 0 amide bonds. The van der Waals surface area contributed by atoms with E-state index in [1.165, 1.54) is 13.3 Å². The predicted octanol–water partition coefficient (Wildman–Crippen LogP) is 3.08. The Labute approximate surface area is 133 Å². The van der Waals surface area contributed by atoms with Gasteiger partial charge in [0.1, 0.15) is 11.3 Å². The Morgan fingerprint density at radius 1 is 1.30 bits per heavy atom. The van der Waals surface area contributed by atoms with Crippen LogP contribution in [0.25, 0.3) is 10.9 Å². The lowest BCUT2D eigenvalue weighted by Crippen LogP contribution is -2.24. The van der Waals surface area contributed by atoms with E-state index in [4.69, 9.17) is 10.1 Å². The minimum Gasteiger partial charge on any atom is -0.490 e. The lowest BCUT2D eigenvalue weighted by Gasteiger charge is -2.24. The fourth-order valence-electron chi connectivity index (χ4n) is 3.26. The Kier molecular flexibility index (Phi) is 3.98. The Bertz CT molecular complexity index is 819. The second-order valence-electron chi connectivity index (χ2n) is 5.98. The minimum absolute atomic E-state index is 0.0791. The molecule has 0 saturated heterocycles. The molecule has 0 spiro atoms. The SMILES string of the molecule is Cc1c(C(=O)O)c(=N)c2c(OC3CCCCC3)cccc2n1O. The summed E-state index contributed by atoms with van der Waals surface area (Å²) in [6, 6.07) is 5.13. The van der Waals surface area contributed by atoms with E-state index in [0.717, 1.165) is 30.4 Å². The number of carbonyl (C=O) groups is 1. The third-order valence-corrected chi connectivity index (χ3v) is 4.47. The van der Waals surface area contributed by atoms with Crippen LogP contribution >= 0.6 is 0 Å². The summed E-state index contributed by atoms with van der Waals surface area (Å²) in [4.78, 5) is 11.5. The summed E-state index contributed by atoms with van der Waals surface area (Å²) in [5, 5.41) is 28.1. The topological polar surface area (TPSA) is 95.5 Å². The summed E-state index contributed by atoms with van der Waals surface area (Å²) in [5.74, 6) is -0.769. The van der Waals surface area contributed by atoms with Gasteiger partial charge in [-0.2, -0.15) is 4.73 Å². The molecule has 1 fully saturated rings. The first-order chi connectivity index (χ1) is 11.0. The van der Waals surface area contributed by atoms with Gasteiger partial charge in [-0.15, -0.1) is 0 Å². The van der Waals surface area contributed by atoms with E-state index in [9.17, 15) is 15.1 Å². The van der Waals surface area contributed by atoms with Crippen molar-refractivity contribution >= 4 is 16.9 Å². The van der Waals surface area contributed by atoms with Crippen molar-refractivity contribution in [2.24, 2.45) is 0 Å². The highest BCUT2D eigenvalue weighted by molar-refractivity contribution is 5.95. The summed E-state index contributed by atoms with van der Waals surface area (Å²) in [5.41, 5.74) is 0.301. The maximum atomic E-state index is 11.5. The van der Waals surface area contributed by atoms with Gasteiger partial charge in [0.2, 0.25) is 0 Å².